The Morgan fingerprint density at radius 3 is 2.80 bits per heavy atom. The van der Waals surface area contributed by atoms with Crippen molar-refractivity contribution in [3.8, 4) is 0 Å². The van der Waals surface area contributed by atoms with Crippen LogP contribution in [0.1, 0.15) is 11.3 Å². The van der Waals surface area contributed by atoms with E-state index in [1.165, 1.54) is 16.7 Å². The van der Waals surface area contributed by atoms with Crippen molar-refractivity contribution in [2.24, 2.45) is 0 Å². The lowest BCUT2D eigenvalue weighted by Gasteiger charge is -2.29. The second-order valence-electron chi connectivity index (χ2n) is 5.68. The van der Waals surface area contributed by atoms with Gasteiger partial charge in [-0.2, -0.15) is 0 Å². The molecule has 0 fully saturated rings. The van der Waals surface area contributed by atoms with Crippen LogP contribution in [0.15, 0.2) is 29.3 Å². The predicted octanol–water partition coefficient (Wildman–Crippen LogP) is 3.05. The molecule has 1 aromatic heterocycles. The van der Waals surface area contributed by atoms with Crippen LogP contribution in [0.25, 0.3) is 0 Å². The van der Waals surface area contributed by atoms with E-state index in [0.29, 0.717) is 16.8 Å². The third kappa shape index (κ3) is 3.63. The highest BCUT2D eigenvalue weighted by atomic mass is 32.2. The molecular weight excluding hydrogens is 348 g/mol. The van der Waals surface area contributed by atoms with Crippen molar-refractivity contribution < 1.29 is 18.4 Å². The summed E-state index contributed by atoms with van der Waals surface area (Å²) in [5.41, 5.74) is 2.13. The Morgan fingerprint density at radius 2 is 2.08 bits per heavy atom. The molecule has 0 aliphatic carbocycles. The molecule has 0 radical (unpaired) electrons. The normalized spacial score (nSPS) is 13.6. The zero-order chi connectivity index (χ0) is 18.1. The van der Waals surface area contributed by atoms with Crippen LogP contribution in [0.5, 0.6) is 0 Å². The number of rotatable bonds is 3. The van der Waals surface area contributed by atoms with Gasteiger partial charge in [0, 0.05) is 11.8 Å². The average molecular weight is 363 g/mol. The number of aromatic nitrogens is 1. The molecule has 2 heterocycles. The number of carbonyl (C=O) groups excluding carboxylic acids is 2. The summed E-state index contributed by atoms with van der Waals surface area (Å²) in [6, 6.07) is 4.71. The van der Waals surface area contributed by atoms with Gasteiger partial charge in [-0.15, -0.1) is 0 Å². The number of aryl methyl sites for hydroxylation is 2. The number of thioether (sulfide) groups is 1. The monoisotopic (exact) mass is 363 g/mol. The largest absolute Gasteiger partial charge is 0.322 e. The summed E-state index contributed by atoms with van der Waals surface area (Å²) in [6.45, 7) is 3.44. The Hall–Kier alpha value is -2.48. The highest BCUT2D eigenvalue weighted by molar-refractivity contribution is 8.00. The minimum Gasteiger partial charge on any atom is -0.322 e. The number of hydrogen-bond acceptors (Lipinski definition) is 4. The van der Waals surface area contributed by atoms with Gasteiger partial charge in [0.05, 0.1) is 17.1 Å². The van der Waals surface area contributed by atoms with Crippen LogP contribution in [-0.4, -0.2) is 29.1 Å². The Labute approximate surface area is 147 Å². The molecule has 1 aliphatic heterocycles. The first-order valence-corrected chi connectivity index (χ1v) is 8.50. The van der Waals surface area contributed by atoms with Gasteiger partial charge in [0.15, 0.2) is 0 Å². The summed E-state index contributed by atoms with van der Waals surface area (Å²) in [4.78, 5) is 30.3. The Kier molecular flexibility index (Phi) is 4.71. The number of amides is 2. The summed E-state index contributed by atoms with van der Waals surface area (Å²) in [5, 5.41) is 3.06. The number of hydrogen-bond donors (Lipinski definition) is 1. The molecule has 0 saturated carbocycles. The Morgan fingerprint density at radius 1 is 1.32 bits per heavy atom. The molecule has 0 bridgehead atoms. The summed E-state index contributed by atoms with van der Waals surface area (Å²) in [7, 11) is 0. The molecule has 2 amide bonds. The number of nitrogens with one attached hydrogen (secondary N) is 1. The highest BCUT2D eigenvalue weighted by Gasteiger charge is 2.29. The average Bonchev–Trinajstić information content (AvgIpc) is 2.52. The van der Waals surface area contributed by atoms with Gasteiger partial charge in [0.1, 0.15) is 23.2 Å². The molecule has 0 saturated heterocycles. The summed E-state index contributed by atoms with van der Waals surface area (Å²) in [6.07, 6.45) is 0. The minimum atomic E-state index is -0.872. The van der Waals surface area contributed by atoms with Gasteiger partial charge in [-0.1, -0.05) is 11.8 Å². The quantitative estimate of drug-likeness (QED) is 0.910. The van der Waals surface area contributed by atoms with E-state index in [-0.39, 0.29) is 23.9 Å². The number of carbonyl (C=O) groups is 2. The van der Waals surface area contributed by atoms with Crippen LogP contribution in [-0.2, 0) is 9.59 Å². The van der Waals surface area contributed by atoms with Crippen molar-refractivity contribution in [1.82, 2.24) is 4.98 Å². The summed E-state index contributed by atoms with van der Waals surface area (Å²) in [5.74, 6) is -2.22. The number of pyridine rings is 1. The first-order chi connectivity index (χ1) is 11.8. The second kappa shape index (κ2) is 6.79. The molecule has 0 spiro atoms. The Bertz CT molecular complexity index is 873. The first-order valence-electron chi connectivity index (χ1n) is 7.51. The van der Waals surface area contributed by atoms with E-state index >= 15 is 0 Å². The SMILES string of the molecule is Cc1cc(C)c2c(n1)SCC(=O)N2CC(=O)Nc1ccc(F)cc1F. The molecular formula is C17H15F2N3O2S. The van der Waals surface area contributed by atoms with Gasteiger partial charge in [-0.3, -0.25) is 14.5 Å². The van der Waals surface area contributed by atoms with Crippen molar-refractivity contribution in [3.63, 3.8) is 0 Å². The van der Waals surface area contributed by atoms with E-state index in [1.807, 2.05) is 19.9 Å². The fraction of sp³-hybridized carbons (Fsp3) is 0.235. The molecule has 25 heavy (non-hydrogen) atoms. The van der Waals surface area contributed by atoms with E-state index in [1.54, 1.807) is 0 Å². The lowest BCUT2D eigenvalue weighted by Crippen LogP contribution is -2.42. The standard InChI is InChI=1S/C17H15F2N3O2S/c1-9-5-10(2)20-17-16(9)22(15(24)8-25-17)7-14(23)21-13-4-3-11(18)6-12(13)19/h3-6H,7-8H2,1-2H3,(H,21,23). The smallest absolute Gasteiger partial charge is 0.244 e. The topological polar surface area (TPSA) is 62.3 Å². The van der Waals surface area contributed by atoms with E-state index in [0.717, 1.165) is 23.4 Å². The number of anilines is 2. The van der Waals surface area contributed by atoms with Crippen molar-refractivity contribution >= 4 is 35.0 Å². The van der Waals surface area contributed by atoms with Crippen LogP contribution < -0.4 is 10.2 Å². The van der Waals surface area contributed by atoms with Crippen LogP contribution in [0.3, 0.4) is 0 Å². The van der Waals surface area contributed by atoms with Crippen LogP contribution in [0.2, 0.25) is 0 Å². The van der Waals surface area contributed by atoms with Gasteiger partial charge >= 0.3 is 0 Å². The second-order valence-corrected chi connectivity index (χ2v) is 6.64. The molecule has 3 rings (SSSR count). The van der Waals surface area contributed by atoms with E-state index in [4.69, 9.17) is 0 Å². The number of benzene rings is 1. The fourth-order valence-electron chi connectivity index (χ4n) is 2.65. The van der Waals surface area contributed by atoms with Gasteiger partial charge in [-0.05, 0) is 37.6 Å². The highest BCUT2D eigenvalue weighted by Crippen LogP contribution is 2.36. The molecule has 5 nitrogen and oxygen atoms in total. The van der Waals surface area contributed by atoms with Gasteiger partial charge < -0.3 is 5.32 Å². The van der Waals surface area contributed by atoms with Gasteiger partial charge in [-0.25, -0.2) is 13.8 Å². The number of fused-ring (bicyclic) bond motifs is 1. The molecule has 1 N–H and O–H groups in total. The fourth-order valence-corrected chi connectivity index (χ4v) is 3.68. The third-order valence-electron chi connectivity index (χ3n) is 3.69. The maximum Gasteiger partial charge on any atom is 0.244 e. The van der Waals surface area contributed by atoms with Crippen LogP contribution >= 0.6 is 11.8 Å². The van der Waals surface area contributed by atoms with Crippen molar-refractivity contribution in [3.05, 3.63) is 47.2 Å². The molecule has 8 heteroatoms. The van der Waals surface area contributed by atoms with Gasteiger partial charge in [0.2, 0.25) is 11.8 Å². The molecule has 2 aromatic rings. The van der Waals surface area contributed by atoms with Crippen LogP contribution in [0.4, 0.5) is 20.2 Å². The van der Waals surface area contributed by atoms with E-state index < -0.39 is 17.5 Å². The zero-order valence-corrected chi connectivity index (χ0v) is 14.4. The van der Waals surface area contributed by atoms with Gasteiger partial charge in [0.25, 0.3) is 0 Å². The van der Waals surface area contributed by atoms with Crippen molar-refractivity contribution in [2.75, 3.05) is 22.5 Å². The van der Waals surface area contributed by atoms with Crippen LogP contribution in [0, 0.1) is 25.5 Å². The third-order valence-corrected chi connectivity index (χ3v) is 4.64. The lowest BCUT2D eigenvalue weighted by atomic mass is 10.2. The Balaban J connectivity index is 1.83. The molecule has 0 unspecified atom stereocenters. The molecule has 1 aliphatic rings. The number of nitrogens with zero attached hydrogens (tertiary/aromatic N) is 2. The first kappa shape index (κ1) is 17.3. The maximum absolute atomic E-state index is 13.7. The summed E-state index contributed by atoms with van der Waals surface area (Å²) >= 11 is 1.33. The number of halogens is 2. The molecule has 1 aromatic carbocycles. The zero-order valence-electron chi connectivity index (χ0n) is 13.6. The maximum atomic E-state index is 13.7. The lowest BCUT2D eigenvalue weighted by molar-refractivity contribution is -0.120. The van der Waals surface area contributed by atoms with Crippen molar-refractivity contribution in [1.29, 1.82) is 0 Å². The van der Waals surface area contributed by atoms with E-state index in [2.05, 4.69) is 10.3 Å². The predicted molar refractivity (Wildman–Crippen MR) is 91.8 cm³/mol. The molecule has 0 atom stereocenters. The summed E-state index contributed by atoms with van der Waals surface area (Å²) < 4.78 is 26.6. The van der Waals surface area contributed by atoms with Crippen molar-refractivity contribution in [2.45, 2.75) is 18.9 Å². The minimum absolute atomic E-state index is 0.135. The molecule has 130 valence electrons. The van der Waals surface area contributed by atoms with E-state index in [9.17, 15) is 18.4 Å².